The van der Waals surface area contributed by atoms with Crippen LogP contribution in [0.4, 0.5) is 5.69 Å². The number of rotatable bonds is 7. The van der Waals surface area contributed by atoms with Gasteiger partial charge < -0.3 is 24.0 Å². The second-order valence-electron chi connectivity index (χ2n) is 6.35. The normalized spacial score (nSPS) is 14.0. The number of amides is 1. The van der Waals surface area contributed by atoms with E-state index in [-0.39, 0.29) is 5.91 Å². The lowest BCUT2D eigenvalue weighted by molar-refractivity contribution is -0.128. The van der Waals surface area contributed by atoms with E-state index in [1.54, 1.807) is 21.3 Å². The first-order valence-electron chi connectivity index (χ1n) is 9.17. The van der Waals surface area contributed by atoms with E-state index < -0.39 is 0 Å². The highest BCUT2D eigenvalue weighted by Crippen LogP contribution is 2.32. The van der Waals surface area contributed by atoms with Crippen LogP contribution in [0.5, 0.6) is 17.2 Å². The third kappa shape index (κ3) is 4.65. The average Bonchev–Trinajstić information content (AvgIpc) is 2.77. The average molecular weight is 403 g/mol. The van der Waals surface area contributed by atoms with Crippen molar-refractivity contribution >= 4 is 23.4 Å². The lowest BCUT2D eigenvalue weighted by Gasteiger charge is -2.36. The van der Waals surface area contributed by atoms with Gasteiger partial charge in [0.15, 0.2) is 11.5 Å². The zero-order valence-corrected chi connectivity index (χ0v) is 17.3. The Labute approximate surface area is 170 Å². The minimum atomic E-state index is 0.152. The van der Waals surface area contributed by atoms with Gasteiger partial charge in [-0.05, 0) is 30.3 Å². The van der Waals surface area contributed by atoms with Crippen LogP contribution >= 0.6 is 11.8 Å². The summed E-state index contributed by atoms with van der Waals surface area (Å²) in [6.07, 6.45) is 0. The number of carbonyl (C=O) groups excluding carboxylic acids is 1. The number of para-hydroxylation sites is 2. The highest BCUT2D eigenvalue weighted by atomic mass is 32.2. The molecule has 0 saturated carbocycles. The van der Waals surface area contributed by atoms with Crippen molar-refractivity contribution in [1.82, 2.24) is 4.90 Å². The molecule has 1 aliphatic rings. The Hall–Kier alpha value is -2.54. The van der Waals surface area contributed by atoms with Gasteiger partial charge in [-0.2, -0.15) is 0 Å². The molecule has 0 aliphatic carbocycles. The maximum absolute atomic E-state index is 12.6. The van der Waals surface area contributed by atoms with Gasteiger partial charge in [0.25, 0.3) is 0 Å². The lowest BCUT2D eigenvalue weighted by Crippen LogP contribution is -2.49. The molecule has 1 amide bonds. The number of nitrogens with zero attached hydrogens (tertiary/aromatic N) is 2. The number of carbonyl (C=O) groups is 1. The van der Waals surface area contributed by atoms with Gasteiger partial charge >= 0.3 is 0 Å². The van der Waals surface area contributed by atoms with Gasteiger partial charge in [0.05, 0.1) is 32.8 Å². The van der Waals surface area contributed by atoms with E-state index in [2.05, 4.69) is 11.0 Å². The molecular weight excluding hydrogens is 376 g/mol. The van der Waals surface area contributed by atoms with E-state index in [9.17, 15) is 4.79 Å². The first-order valence-corrected chi connectivity index (χ1v) is 10.2. The van der Waals surface area contributed by atoms with Gasteiger partial charge in [-0.25, -0.2) is 0 Å². The second-order valence-corrected chi connectivity index (χ2v) is 7.39. The molecule has 7 heteroatoms. The molecule has 0 atom stereocenters. The third-order valence-corrected chi connectivity index (χ3v) is 5.75. The number of anilines is 1. The number of ether oxygens (including phenoxy) is 3. The second kappa shape index (κ2) is 9.59. The van der Waals surface area contributed by atoms with Gasteiger partial charge in [0.1, 0.15) is 5.75 Å². The van der Waals surface area contributed by atoms with E-state index in [4.69, 9.17) is 14.2 Å². The summed E-state index contributed by atoms with van der Waals surface area (Å²) >= 11 is 1.51. The predicted octanol–water partition coefficient (Wildman–Crippen LogP) is 3.15. The standard InChI is InChI=1S/C21H26N2O4S/c1-25-18-7-5-4-6-17(18)22-10-12-23(13-11-22)21(24)15-28-16-8-9-19(26-2)20(14-16)27-3/h4-9,14H,10-13,15H2,1-3H3. The SMILES string of the molecule is COc1ccc(SCC(=O)N2CCN(c3ccccc3OC)CC2)cc1OC. The van der Waals surface area contributed by atoms with Crippen LogP contribution in [0.25, 0.3) is 0 Å². The van der Waals surface area contributed by atoms with Crippen molar-refractivity contribution in [3.8, 4) is 17.2 Å². The minimum absolute atomic E-state index is 0.152. The number of methoxy groups -OCH3 is 3. The number of hydrogen-bond donors (Lipinski definition) is 0. The maximum atomic E-state index is 12.6. The zero-order valence-electron chi connectivity index (χ0n) is 16.5. The Morgan fingerprint density at radius 3 is 2.25 bits per heavy atom. The summed E-state index contributed by atoms with van der Waals surface area (Å²) in [4.78, 5) is 17.8. The lowest BCUT2D eigenvalue weighted by atomic mass is 10.2. The molecule has 6 nitrogen and oxygen atoms in total. The Morgan fingerprint density at radius 1 is 0.893 bits per heavy atom. The molecule has 2 aromatic carbocycles. The first kappa shape index (κ1) is 20.2. The van der Waals surface area contributed by atoms with Crippen LogP contribution in [0, 0.1) is 0 Å². The van der Waals surface area contributed by atoms with Gasteiger partial charge in [-0.15, -0.1) is 11.8 Å². The van der Waals surface area contributed by atoms with E-state index >= 15 is 0 Å². The number of thioether (sulfide) groups is 1. The Bertz CT molecular complexity index is 807. The van der Waals surface area contributed by atoms with Crippen LogP contribution in [0.2, 0.25) is 0 Å². The van der Waals surface area contributed by atoms with Crippen LogP contribution in [-0.2, 0) is 4.79 Å². The topological polar surface area (TPSA) is 51.2 Å². The van der Waals surface area contributed by atoms with Crippen molar-refractivity contribution < 1.29 is 19.0 Å². The fourth-order valence-corrected chi connectivity index (χ4v) is 4.06. The first-order chi connectivity index (χ1) is 13.7. The van der Waals surface area contributed by atoms with Crippen molar-refractivity contribution in [1.29, 1.82) is 0 Å². The summed E-state index contributed by atoms with van der Waals surface area (Å²) in [5, 5.41) is 0. The molecule has 1 heterocycles. The van der Waals surface area contributed by atoms with Gasteiger partial charge in [0, 0.05) is 31.1 Å². The molecule has 28 heavy (non-hydrogen) atoms. The maximum Gasteiger partial charge on any atom is 0.233 e. The summed E-state index contributed by atoms with van der Waals surface area (Å²) in [6, 6.07) is 13.7. The number of hydrogen-bond acceptors (Lipinski definition) is 6. The highest BCUT2D eigenvalue weighted by Gasteiger charge is 2.22. The Balaban J connectivity index is 1.53. The Morgan fingerprint density at radius 2 is 1.57 bits per heavy atom. The van der Waals surface area contributed by atoms with Crippen molar-refractivity contribution in [2.24, 2.45) is 0 Å². The van der Waals surface area contributed by atoms with Crippen LogP contribution < -0.4 is 19.1 Å². The molecule has 0 unspecified atom stereocenters. The minimum Gasteiger partial charge on any atom is -0.495 e. The van der Waals surface area contributed by atoms with Crippen LogP contribution in [-0.4, -0.2) is 64.1 Å². The van der Waals surface area contributed by atoms with E-state index in [0.717, 1.165) is 29.4 Å². The molecule has 0 bridgehead atoms. The molecule has 1 aliphatic heterocycles. The van der Waals surface area contributed by atoms with E-state index in [0.29, 0.717) is 30.3 Å². The van der Waals surface area contributed by atoms with Crippen molar-refractivity contribution in [3.05, 3.63) is 42.5 Å². The summed E-state index contributed by atoms with van der Waals surface area (Å²) in [6.45, 7) is 3.02. The predicted molar refractivity (Wildman–Crippen MR) is 112 cm³/mol. The van der Waals surface area contributed by atoms with E-state index in [1.807, 2.05) is 41.3 Å². The highest BCUT2D eigenvalue weighted by molar-refractivity contribution is 8.00. The van der Waals surface area contributed by atoms with Crippen LogP contribution in [0.15, 0.2) is 47.4 Å². The fourth-order valence-electron chi connectivity index (χ4n) is 3.23. The number of piperazine rings is 1. The molecule has 2 aromatic rings. The fraction of sp³-hybridized carbons (Fsp3) is 0.381. The third-order valence-electron chi connectivity index (χ3n) is 4.78. The summed E-state index contributed by atoms with van der Waals surface area (Å²) in [7, 11) is 4.90. The molecule has 1 fully saturated rings. The molecule has 150 valence electrons. The molecule has 0 radical (unpaired) electrons. The molecule has 0 N–H and O–H groups in total. The largest absolute Gasteiger partial charge is 0.495 e. The Kier molecular flexibility index (Phi) is 6.92. The number of benzene rings is 2. The smallest absolute Gasteiger partial charge is 0.233 e. The van der Waals surface area contributed by atoms with Gasteiger partial charge in [-0.3, -0.25) is 4.79 Å². The van der Waals surface area contributed by atoms with Crippen molar-refractivity contribution in [2.45, 2.75) is 4.90 Å². The monoisotopic (exact) mass is 402 g/mol. The molecule has 0 aromatic heterocycles. The molecule has 3 rings (SSSR count). The van der Waals surface area contributed by atoms with Crippen LogP contribution in [0.1, 0.15) is 0 Å². The summed E-state index contributed by atoms with van der Waals surface area (Å²) in [5.41, 5.74) is 1.08. The molecule has 0 spiro atoms. The van der Waals surface area contributed by atoms with Crippen molar-refractivity contribution in [3.63, 3.8) is 0 Å². The van der Waals surface area contributed by atoms with E-state index in [1.165, 1.54) is 11.8 Å². The molecular formula is C21H26N2O4S. The molecule has 1 saturated heterocycles. The van der Waals surface area contributed by atoms with Crippen LogP contribution in [0.3, 0.4) is 0 Å². The summed E-state index contributed by atoms with van der Waals surface area (Å²) < 4.78 is 16.0. The van der Waals surface area contributed by atoms with Crippen molar-refractivity contribution in [2.75, 3.05) is 58.2 Å². The zero-order chi connectivity index (χ0) is 19.9. The van der Waals surface area contributed by atoms with Gasteiger partial charge in [-0.1, -0.05) is 12.1 Å². The van der Waals surface area contributed by atoms with Gasteiger partial charge in [0.2, 0.25) is 5.91 Å². The quantitative estimate of drug-likeness (QED) is 0.663. The summed E-state index contributed by atoms with van der Waals surface area (Å²) in [5.74, 6) is 2.78.